The zero-order chi connectivity index (χ0) is 24.7. The highest BCUT2D eigenvalue weighted by molar-refractivity contribution is 6.12. The molecule has 1 saturated carbocycles. The van der Waals surface area contributed by atoms with Crippen molar-refractivity contribution in [2.45, 2.75) is 110 Å². The van der Waals surface area contributed by atoms with E-state index < -0.39 is 5.54 Å². The third kappa shape index (κ3) is 4.64. The van der Waals surface area contributed by atoms with Crippen LogP contribution in [-0.2, 0) is 16.8 Å². The van der Waals surface area contributed by atoms with E-state index in [1.807, 2.05) is 39.0 Å². The number of aryl methyl sites for hydroxylation is 2. The van der Waals surface area contributed by atoms with Crippen molar-refractivity contribution in [2.75, 3.05) is 4.90 Å². The molecule has 2 aliphatic rings. The minimum atomic E-state index is -1.08. The number of amides is 2. The minimum Gasteiger partial charge on any atom is -0.351 e. The van der Waals surface area contributed by atoms with Crippen LogP contribution in [0.15, 0.2) is 24.3 Å². The molecule has 2 heterocycles. The molecule has 0 saturated heterocycles. The van der Waals surface area contributed by atoms with Crippen LogP contribution in [0.5, 0.6) is 0 Å². The van der Waals surface area contributed by atoms with Gasteiger partial charge in [0.1, 0.15) is 11.2 Å². The lowest BCUT2D eigenvalue weighted by molar-refractivity contribution is -0.127. The SMILES string of the molecule is Cc1ccc(N2C(=O)c3cc(C(C)(C)C)nn3CC2(C)C(=O)NC2CCCCCCC2)c(C)c1. The first kappa shape index (κ1) is 24.5. The average Bonchev–Trinajstić information content (AvgIpc) is 3.16. The summed E-state index contributed by atoms with van der Waals surface area (Å²) in [6, 6.07) is 8.10. The van der Waals surface area contributed by atoms with Crippen LogP contribution in [-0.4, -0.2) is 33.2 Å². The Morgan fingerprint density at radius 2 is 1.71 bits per heavy atom. The van der Waals surface area contributed by atoms with Gasteiger partial charge in [-0.25, -0.2) is 0 Å². The Morgan fingerprint density at radius 3 is 2.32 bits per heavy atom. The van der Waals surface area contributed by atoms with Gasteiger partial charge < -0.3 is 5.32 Å². The Bertz CT molecular complexity index is 1070. The van der Waals surface area contributed by atoms with Crippen LogP contribution in [0.3, 0.4) is 0 Å². The summed E-state index contributed by atoms with van der Waals surface area (Å²) >= 11 is 0. The quantitative estimate of drug-likeness (QED) is 0.657. The monoisotopic (exact) mass is 464 g/mol. The van der Waals surface area contributed by atoms with Crippen LogP contribution in [0.2, 0.25) is 0 Å². The van der Waals surface area contributed by atoms with Crippen molar-refractivity contribution in [2.24, 2.45) is 0 Å². The largest absolute Gasteiger partial charge is 0.351 e. The minimum absolute atomic E-state index is 0.0927. The molecule has 0 radical (unpaired) electrons. The van der Waals surface area contributed by atoms with Crippen LogP contribution >= 0.6 is 0 Å². The first-order valence-electron chi connectivity index (χ1n) is 12.8. The van der Waals surface area contributed by atoms with Gasteiger partial charge in [0.2, 0.25) is 5.91 Å². The van der Waals surface area contributed by atoms with Crippen molar-refractivity contribution in [1.82, 2.24) is 15.1 Å². The molecule has 184 valence electrons. The summed E-state index contributed by atoms with van der Waals surface area (Å²) in [6.07, 6.45) is 8.01. The molecule has 34 heavy (non-hydrogen) atoms. The standard InChI is InChI=1S/C28H40N4O2/c1-19-14-15-22(20(2)16-19)32-25(33)23-17-24(27(3,4)5)30-31(23)18-28(32,6)26(34)29-21-12-10-8-7-9-11-13-21/h14-17,21H,7-13,18H2,1-6H3,(H,29,34). The first-order valence-corrected chi connectivity index (χ1v) is 12.8. The number of nitrogens with one attached hydrogen (secondary N) is 1. The molecule has 1 aliphatic carbocycles. The van der Waals surface area contributed by atoms with Crippen molar-refractivity contribution < 1.29 is 9.59 Å². The summed E-state index contributed by atoms with van der Waals surface area (Å²) in [6.45, 7) is 12.5. The van der Waals surface area contributed by atoms with Crippen LogP contribution in [0.25, 0.3) is 0 Å². The maximum absolute atomic E-state index is 14.0. The predicted molar refractivity (Wildman–Crippen MR) is 136 cm³/mol. The normalized spacial score (nSPS) is 22.2. The number of carbonyl (C=O) groups is 2. The Hall–Kier alpha value is -2.63. The van der Waals surface area contributed by atoms with E-state index in [0.717, 1.165) is 48.2 Å². The number of carbonyl (C=O) groups excluding carboxylic acids is 2. The van der Waals surface area contributed by atoms with Crippen LogP contribution in [0.4, 0.5) is 5.69 Å². The Labute approximate surface area is 204 Å². The number of aromatic nitrogens is 2. The maximum atomic E-state index is 14.0. The molecule has 1 fully saturated rings. The Kier molecular flexibility index (Phi) is 6.63. The van der Waals surface area contributed by atoms with Crippen molar-refractivity contribution in [3.63, 3.8) is 0 Å². The summed E-state index contributed by atoms with van der Waals surface area (Å²) in [7, 11) is 0. The summed E-state index contributed by atoms with van der Waals surface area (Å²) < 4.78 is 1.75. The van der Waals surface area contributed by atoms with Crippen molar-refractivity contribution in [3.8, 4) is 0 Å². The highest BCUT2D eigenvalue weighted by atomic mass is 16.2. The maximum Gasteiger partial charge on any atom is 0.277 e. The van der Waals surface area contributed by atoms with Crippen molar-refractivity contribution in [1.29, 1.82) is 0 Å². The topological polar surface area (TPSA) is 67.2 Å². The van der Waals surface area contributed by atoms with Gasteiger partial charge in [-0.3, -0.25) is 19.2 Å². The summed E-state index contributed by atoms with van der Waals surface area (Å²) in [5, 5.41) is 8.12. The van der Waals surface area contributed by atoms with Crippen molar-refractivity contribution in [3.05, 3.63) is 46.8 Å². The van der Waals surface area contributed by atoms with E-state index >= 15 is 0 Å². The average molecular weight is 465 g/mol. The predicted octanol–water partition coefficient (Wildman–Crippen LogP) is 5.45. The van der Waals surface area contributed by atoms with E-state index in [2.05, 4.69) is 32.2 Å². The molecule has 1 aliphatic heterocycles. The smallest absolute Gasteiger partial charge is 0.277 e. The van der Waals surface area contributed by atoms with Gasteiger partial charge in [0.15, 0.2) is 0 Å². The molecule has 0 bridgehead atoms. The molecule has 2 amide bonds. The number of anilines is 1. The lowest BCUT2D eigenvalue weighted by Crippen LogP contribution is -2.65. The van der Waals surface area contributed by atoms with Crippen LogP contribution in [0.1, 0.15) is 99.9 Å². The van der Waals surface area contributed by atoms with Crippen LogP contribution < -0.4 is 10.2 Å². The molecule has 1 atom stereocenters. The molecule has 6 heteroatoms. The van der Waals surface area contributed by atoms with Gasteiger partial charge in [-0.2, -0.15) is 5.10 Å². The lowest BCUT2D eigenvalue weighted by Gasteiger charge is -2.44. The fraction of sp³-hybridized carbons (Fsp3) is 0.607. The third-order valence-electron chi connectivity index (χ3n) is 7.44. The molecule has 1 N–H and O–H groups in total. The Morgan fingerprint density at radius 1 is 1.06 bits per heavy atom. The molecule has 1 aromatic carbocycles. The van der Waals surface area contributed by atoms with E-state index in [1.165, 1.54) is 19.3 Å². The molecule has 1 aromatic heterocycles. The third-order valence-corrected chi connectivity index (χ3v) is 7.44. The second kappa shape index (κ2) is 9.20. The second-order valence-electron chi connectivity index (χ2n) is 11.5. The number of hydrogen-bond donors (Lipinski definition) is 1. The molecular weight excluding hydrogens is 424 g/mol. The molecule has 0 spiro atoms. The summed E-state index contributed by atoms with van der Waals surface area (Å²) in [5.41, 5.74) is 3.05. The number of rotatable bonds is 3. The van der Waals surface area contributed by atoms with E-state index in [-0.39, 0.29) is 23.3 Å². The van der Waals surface area contributed by atoms with Crippen molar-refractivity contribution >= 4 is 17.5 Å². The molecular formula is C28H40N4O2. The second-order valence-corrected chi connectivity index (χ2v) is 11.5. The van der Waals surface area contributed by atoms with Gasteiger partial charge in [0.25, 0.3) is 5.91 Å². The zero-order valence-corrected chi connectivity index (χ0v) is 21.7. The molecule has 6 nitrogen and oxygen atoms in total. The zero-order valence-electron chi connectivity index (χ0n) is 21.7. The highest BCUT2D eigenvalue weighted by Crippen LogP contribution is 2.36. The van der Waals surface area contributed by atoms with Gasteiger partial charge in [-0.05, 0) is 51.3 Å². The van der Waals surface area contributed by atoms with E-state index in [9.17, 15) is 9.59 Å². The number of fused-ring (bicyclic) bond motifs is 1. The van der Waals surface area contributed by atoms with Gasteiger partial charge in [0.05, 0.1) is 12.2 Å². The van der Waals surface area contributed by atoms with Gasteiger partial charge in [0, 0.05) is 17.1 Å². The van der Waals surface area contributed by atoms with E-state index in [0.29, 0.717) is 12.2 Å². The fourth-order valence-corrected chi connectivity index (χ4v) is 5.32. The van der Waals surface area contributed by atoms with E-state index in [1.54, 1.807) is 9.58 Å². The number of benzene rings is 1. The number of nitrogens with zero attached hydrogens (tertiary/aromatic N) is 3. The fourth-order valence-electron chi connectivity index (χ4n) is 5.32. The highest BCUT2D eigenvalue weighted by Gasteiger charge is 2.50. The van der Waals surface area contributed by atoms with Gasteiger partial charge >= 0.3 is 0 Å². The molecule has 4 rings (SSSR count). The number of hydrogen-bond acceptors (Lipinski definition) is 3. The lowest BCUT2D eigenvalue weighted by atomic mass is 9.90. The van der Waals surface area contributed by atoms with Crippen LogP contribution in [0, 0.1) is 13.8 Å². The Balaban J connectivity index is 1.76. The van der Waals surface area contributed by atoms with Gasteiger partial charge in [-0.1, -0.05) is 70.6 Å². The molecule has 2 aromatic rings. The molecule has 1 unspecified atom stereocenters. The van der Waals surface area contributed by atoms with Gasteiger partial charge in [-0.15, -0.1) is 0 Å². The summed E-state index contributed by atoms with van der Waals surface area (Å²) in [4.78, 5) is 29.7. The first-order chi connectivity index (χ1) is 16.0. The van der Waals surface area contributed by atoms with E-state index in [4.69, 9.17) is 5.10 Å². The summed E-state index contributed by atoms with van der Waals surface area (Å²) in [5.74, 6) is -0.263.